The van der Waals surface area contributed by atoms with Crippen molar-refractivity contribution < 1.29 is 9.32 Å². The van der Waals surface area contributed by atoms with E-state index in [2.05, 4.69) is 10.5 Å². The first-order valence-corrected chi connectivity index (χ1v) is 5.32. The number of nitrogen functional groups attached to an aromatic ring is 1. The zero-order chi connectivity index (χ0) is 12.0. The summed E-state index contributed by atoms with van der Waals surface area (Å²) in [5.74, 6) is 0.175. The van der Waals surface area contributed by atoms with Crippen LogP contribution in [0.25, 0.3) is 11.3 Å². The van der Waals surface area contributed by atoms with Crippen molar-refractivity contribution >= 4 is 17.5 Å². The van der Waals surface area contributed by atoms with Crippen LogP contribution in [0, 0.1) is 0 Å². The molecule has 86 valence electrons. The Balaban J connectivity index is 2.08. The number of hydrogen-bond acceptors (Lipinski definition) is 4. The van der Waals surface area contributed by atoms with Crippen LogP contribution in [0.3, 0.4) is 0 Å². The number of anilines is 2. The smallest absolute Gasteiger partial charge is 0.231 e. The lowest BCUT2D eigenvalue weighted by atomic mass is 9.99. The van der Waals surface area contributed by atoms with Crippen LogP contribution in [-0.4, -0.2) is 11.1 Å². The van der Waals surface area contributed by atoms with Gasteiger partial charge in [0.25, 0.3) is 0 Å². The van der Waals surface area contributed by atoms with Gasteiger partial charge in [0.1, 0.15) is 5.69 Å². The molecule has 0 saturated carbocycles. The zero-order valence-electron chi connectivity index (χ0n) is 9.23. The van der Waals surface area contributed by atoms with Crippen LogP contribution in [0.15, 0.2) is 28.8 Å². The monoisotopic (exact) mass is 229 g/mol. The minimum Gasteiger partial charge on any atom is -0.368 e. The van der Waals surface area contributed by atoms with Gasteiger partial charge in [-0.05, 0) is 24.6 Å². The van der Waals surface area contributed by atoms with Crippen molar-refractivity contribution in [1.82, 2.24) is 5.16 Å². The molecule has 0 spiro atoms. The molecule has 2 aromatic rings. The number of aromatic nitrogens is 1. The summed E-state index contributed by atoms with van der Waals surface area (Å²) in [6.07, 6.45) is 0. The highest BCUT2D eigenvalue weighted by Crippen LogP contribution is 2.35. The van der Waals surface area contributed by atoms with E-state index in [1.807, 2.05) is 25.1 Å². The minimum atomic E-state index is -0.130. The summed E-state index contributed by atoms with van der Waals surface area (Å²) in [4.78, 5) is 11.5. The molecular weight excluding hydrogens is 218 g/mol. The molecule has 0 bridgehead atoms. The summed E-state index contributed by atoms with van der Waals surface area (Å²) in [5.41, 5.74) is 8.90. The van der Waals surface area contributed by atoms with E-state index in [1.54, 1.807) is 6.07 Å². The van der Waals surface area contributed by atoms with Crippen LogP contribution in [-0.2, 0) is 4.79 Å². The minimum absolute atomic E-state index is 0.0248. The largest absolute Gasteiger partial charge is 0.368 e. The topological polar surface area (TPSA) is 81.2 Å². The van der Waals surface area contributed by atoms with E-state index in [-0.39, 0.29) is 17.7 Å². The molecule has 1 atom stereocenters. The highest BCUT2D eigenvalue weighted by atomic mass is 16.5. The lowest BCUT2D eigenvalue weighted by Gasteiger charge is -2.03. The van der Waals surface area contributed by atoms with Gasteiger partial charge in [0.2, 0.25) is 11.8 Å². The van der Waals surface area contributed by atoms with Gasteiger partial charge in [-0.1, -0.05) is 11.2 Å². The van der Waals surface area contributed by atoms with Gasteiger partial charge in [0.05, 0.1) is 5.92 Å². The summed E-state index contributed by atoms with van der Waals surface area (Å²) in [5, 5.41) is 6.67. The van der Waals surface area contributed by atoms with E-state index in [0.29, 0.717) is 5.69 Å². The SMILES string of the molecule is CC1C(=O)Nc2ccc(-c3cc(N)on3)cc21. The number of carbonyl (C=O) groups is 1. The summed E-state index contributed by atoms with van der Waals surface area (Å²) in [7, 11) is 0. The Kier molecular flexibility index (Phi) is 1.95. The number of benzene rings is 1. The molecule has 1 aromatic carbocycles. The Morgan fingerprint density at radius 1 is 1.41 bits per heavy atom. The molecule has 3 N–H and O–H groups in total. The average Bonchev–Trinajstić information content (AvgIpc) is 2.85. The number of rotatable bonds is 1. The first-order chi connectivity index (χ1) is 8.15. The van der Waals surface area contributed by atoms with Crippen LogP contribution in [0.4, 0.5) is 11.6 Å². The Morgan fingerprint density at radius 3 is 2.94 bits per heavy atom. The van der Waals surface area contributed by atoms with E-state index in [1.165, 1.54) is 0 Å². The molecule has 1 aliphatic rings. The fourth-order valence-corrected chi connectivity index (χ4v) is 2.00. The molecule has 0 saturated heterocycles. The third kappa shape index (κ3) is 1.47. The zero-order valence-corrected chi connectivity index (χ0v) is 9.23. The quantitative estimate of drug-likeness (QED) is 0.783. The third-order valence-corrected chi connectivity index (χ3v) is 2.99. The molecule has 1 amide bonds. The van der Waals surface area contributed by atoms with E-state index in [4.69, 9.17) is 10.3 Å². The van der Waals surface area contributed by atoms with Crippen molar-refractivity contribution in [3.05, 3.63) is 29.8 Å². The number of nitrogens with zero attached hydrogens (tertiary/aromatic N) is 1. The molecule has 5 nitrogen and oxygen atoms in total. The van der Waals surface area contributed by atoms with Crippen LogP contribution in [0.1, 0.15) is 18.4 Å². The maximum Gasteiger partial charge on any atom is 0.231 e. The average molecular weight is 229 g/mol. The van der Waals surface area contributed by atoms with Gasteiger partial charge in [-0.3, -0.25) is 4.79 Å². The van der Waals surface area contributed by atoms with E-state index in [0.717, 1.165) is 16.8 Å². The van der Waals surface area contributed by atoms with Gasteiger partial charge >= 0.3 is 0 Å². The number of amides is 1. The van der Waals surface area contributed by atoms with Gasteiger partial charge in [-0.25, -0.2) is 0 Å². The fourth-order valence-electron chi connectivity index (χ4n) is 2.00. The molecule has 1 aliphatic heterocycles. The molecule has 0 aliphatic carbocycles. The summed E-state index contributed by atoms with van der Waals surface area (Å²) in [6.45, 7) is 1.88. The summed E-state index contributed by atoms with van der Waals surface area (Å²) >= 11 is 0. The number of fused-ring (bicyclic) bond motifs is 1. The van der Waals surface area contributed by atoms with Crippen LogP contribution < -0.4 is 11.1 Å². The standard InChI is InChI=1S/C12H11N3O2/c1-6-8-4-7(10-5-11(13)17-15-10)2-3-9(8)14-12(6)16/h2-6H,13H2,1H3,(H,14,16). The highest BCUT2D eigenvalue weighted by Gasteiger charge is 2.26. The van der Waals surface area contributed by atoms with E-state index >= 15 is 0 Å². The second-order valence-corrected chi connectivity index (χ2v) is 4.13. The van der Waals surface area contributed by atoms with Gasteiger partial charge in [0.15, 0.2) is 0 Å². The lowest BCUT2D eigenvalue weighted by molar-refractivity contribution is -0.116. The molecule has 17 heavy (non-hydrogen) atoms. The van der Waals surface area contributed by atoms with Crippen molar-refractivity contribution in [3.8, 4) is 11.3 Å². The van der Waals surface area contributed by atoms with Gasteiger partial charge < -0.3 is 15.6 Å². The molecule has 2 heterocycles. The molecule has 0 radical (unpaired) electrons. The Bertz CT molecular complexity index is 604. The normalized spacial score (nSPS) is 17.9. The number of nitrogens with one attached hydrogen (secondary N) is 1. The molecular formula is C12H11N3O2. The Morgan fingerprint density at radius 2 is 2.24 bits per heavy atom. The Labute approximate surface area is 97.6 Å². The number of hydrogen-bond donors (Lipinski definition) is 2. The molecule has 3 rings (SSSR count). The van der Waals surface area contributed by atoms with E-state index in [9.17, 15) is 4.79 Å². The van der Waals surface area contributed by atoms with Crippen molar-refractivity contribution in [2.75, 3.05) is 11.1 Å². The van der Waals surface area contributed by atoms with E-state index < -0.39 is 0 Å². The second kappa shape index (κ2) is 3.35. The second-order valence-electron chi connectivity index (χ2n) is 4.13. The summed E-state index contributed by atoms with van der Waals surface area (Å²) < 4.78 is 4.83. The van der Waals surface area contributed by atoms with Crippen LogP contribution in [0.5, 0.6) is 0 Å². The van der Waals surface area contributed by atoms with Crippen molar-refractivity contribution in [1.29, 1.82) is 0 Å². The molecule has 0 fully saturated rings. The maximum atomic E-state index is 11.5. The first kappa shape index (κ1) is 9.89. The Hall–Kier alpha value is -2.30. The molecule has 5 heteroatoms. The van der Waals surface area contributed by atoms with Crippen LogP contribution >= 0.6 is 0 Å². The lowest BCUT2D eigenvalue weighted by Crippen LogP contribution is -2.08. The number of carbonyl (C=O) groups excluding carboxylic acids is 1. The van der Waals surface area contributed by atoms with Gasteiger partial charge in [-0.15, -0.1) is 0 Å². The fraction of sp³-hybridized carbons (Fsp3) is 0.167. The van der Waals surface area contributed by atoms with Gasteiger partial charge in [-0.2, -0.15) is 0 Å². The first-order valence-electron chi connectivity index (χ1n) is 5.32. The van der Waals surface area contributed by atoms with Crippen LogP contribution in [0.2, 0.25) is 0 Å². The molecule has 1 unspecified atom stereocenters. The van der Waals surface area contributed by atoms with Crippen molar-refractivity contribution in [2.45, 2.75) is 12.8 Å². The third-order valence-electron chi connectivity index (χ3n) is 2.99. The predicted molar refractivity (Wildman–Crippen MR) is 63.4 cm³/mol. The highest BCUT2D eigenvalue weighted by molar-refractivity contribution is 6.03. The summed E-state index contributed by atoms with van der Waals surface area (Å²) in [6, 6.07) is 7.36. The van der Waals surface area contributed by atoms with Crippen molar-refractivity contribution in [3.63, 3.8) is 0 Å². The predicted octanol–water partition coefficient (Wildman–Crippen LogP) is 1.98. The maximum absolute atomic E-state index is 11.5. The van der Waals surface area contributed by atoms with Crippen molar-refractivity contribution in [2.24, 2.45) is 0 Å². The van der Waals surface area contributed by atoms with Gasteiger partial charge in [0, 0.05) is 17.3 Å². The number of nitrogens with two attached hydrogens (primary N) is 1. The molecule has 1 aromatic heterocycles.